The van der Waals surface area contributed by atoms with Crippen LogP contribution in [0.4, 0.5) is 4.39 Å². The summed E-state index contributed by atoms with van der Waals surface area (Å²) in [5.74, 6) is -0.249. The molecule has 1 rings (SSSR count). The van der Waals surface area contributed by atoms with Crippen molar-refractivity contribution in [3.05, 3.63) is 35.6 Å². The second-order valence-electron chi connectivity index (χ2n) is 3.44. The molecule has 0 aliphatic rings. The monoisotopic (exact) mass is 209 g/mol. The lowest BCUT2D eigenvalue weighted by Gasteiger charge is -2.04. The van der Waals surface area contributed by atoms with Gasteiger partial charge < -0.3 is 5.32 Å². The Morgan fingerprint density at radius 3 is 2.80 bits per heavy atom. The molecule has 0 unspecified atom stereocenters. The van der Waals surface area contributed by atoms with Crippen LogP contribution in [0.3, 0.4) is 0 Å². The Balaban J connectivity index is 2.37. The maximum absolute atomic E-state index is 13.2. The minimum atomic E-state index is -0.235. The third kappa shape index (κ3) is 4.11. The molecule has 1 amide bonds. The molecule has 0 saturated carbocycles. The van der Waals surface area contributed by atoms with Crippen LogP contribution in [0.1, 0.15) is 25.3 Å². The van der Waals surface area contributed by atoms with Crippen molar-refractivity contribution >= 4 is 5.91 Å². The molecule has 0 fully saturated rings. The number of amides is 1. The zero-order valence-electron chi connectivity index (χ0n) is 8.92. The first kappa shape index (κ1) is 11.7. The molecule has 1 aromatic carbocycles. The number of nitrogens with one attached hydrogen (secondary N) is 1. The van der Waals surface area contributed by atoms with Gasteiger partial charge in [-0.2, -0.15) is 0 Å². The topological polar surface area (TPSA) is 29.1 Å². The van der Waals surface area contributed by atoms with E-state index in [-0.39, 0.29) is 11.7 Å². The van der Waals surface area contributed by atoms with E-state index in [2.05, 4.69) is 5.32 Å². The Morgan fingerprint density at radius 2 is 2.13 bits per heavy atom. The van der Waals surface area contributed by atoms with Gasteiger partial charge in [0.1, 0.15) is 5.82 Å². The van der Waals surface area contributed by atoms with Crippen LogP contribution in [0.15, 0.2) is 24.3 Å². The lowest BCUT2D eigenvalue weighted by Crippen LogP contribution is -2.24. The maximum atomic E-state index is 13.2. The lowest BCUT2D eigenvalue weighted by atomic mass is 10.1. The molecule has 3 heteroatoms. The zero-order valence-corrected chi connectivity index (χ0v) is 8.92. The first-order valence-corrected chi connectivity index (χ1v) is 5.24. The smallest absolute Gasteiger partial charge is 0.220 e. The van der Waals surface area contributed by atoms with Crippen LogP contribution in [0, 0.1) is 5.82 Å². The lowest BCUT2D eigenvalue weighted by molar-refractivity contribution is -0.121. The van der Waals surface area contributed by atoms with Crippen LogP contribution >= 0.6 is 0 Å². The molecular weight excluding hydrogens is 193 g/mol. The van der Waals surface area contributed by atoms with Gasteiger partial charge >= 0.3 is 0 Å². The largest absolute Gasteiger partial charge is 0.356 e. The number of carbonyl (C=O) groups is 1. The van der Waals surface area contributed by atoms with Crippen molar-refractivity contribution in [2.75, 3.05) is 6.54 Å². The second-order valence-corrected chi connectivity index (χ2v) is 3.44. The Bertz CT molecular complexity index is 325. The van der Waals surface area contributed by atoms with Crippen LogP contribution in [-0.2, 0) is 11.2 Å². The summed E-state index contributed by atoms with van der Waals surface area (Å²) < 4.78 is 13.2. The molecule has 15 heavy (non-hydrogen) atoms. The SMILES string of the molecule is CCCNC(=O)CCc1ccccc1F. The number of rotatable bonds is 5. The van der Waals surface area contributed by atoms with Crippen LogP contribution in [0.25, 0.3) is 0 Å². The van der Waals surface area contributed by atoms with Gasteiger partial charge in [-0.15, -0.1) is 0 Å². The maximum Gasteiger partial charge on any atom is 0.220 e. The van der Waals surface area contributed by atoms with Crippen LogP contribution < -0.4 is 5.32 Å². The highest BCUT2D eigenvalue weighted by atomic mass is 19.1. The summed E-state index contributed by atoms with van der Waals surface area (Å²) in [4.78, 5) is 11.3. The van der Waals surface area contributed by atoms with E-state index in [0.29, 0.717) is 24.9 Å². The Labute approximate surface area is 89.5 Å². The van der Waals surface area contributed by atoms with E-state index in [4.69, 9.17) is 0 Å². The van der Waals surface area contributed by atoms with Crippen LogP contribution in [-0.4, -0.2) is 12.5 Å². The fraction of sp³-hybridized carbons (Fsp3) is 0.417. The van der Waals surface area contributed by atoms with Crippen molar-refractivity contribution in [3.8, 4) is 0 Å². The Hall–Kier alpha value is -1.38. The van der Waals surface area contributed by atoms with Crippen molar-refractivity contribution < 1.29 is 9.18 Å². The van der Waals surface area contributed by atoms with E-state index >= 15 is 0 Å². The van der Waals surface area contributed by atoms with Gasteiger partial charge in [0.2, 0.25) is 5.91 Å². The average molecular weight is 209 g/mol. The molecule has 0 aromatic heterocycles. The molecule has 0 aliphatic heterocycles. The van der Waals surface area contributed by atoms with E-state index in [1.54, 1.807) is 18.2 Å². The Kier molecular flexibility index (Phi) is 4.81. The third-order valence-electron chi connectivity index (χ3n) is 2.15. The quantitative estimate of drug-likeness (QED) is 0.792. The number of halogens is 1. The van der Waals surface area contributed by atoms with E-state index < -0.39 is 0 Å². The van der Waals surface area contributed by atoms with Gasteiger partial charge in [0.25, 0.3) is 0 Å². The van der Waals surface area contributed by atoms with Gasteiger partial charge in [0.05, 0.1) is 0 Å². The van der Waals surface area contributed by atoms with Crippen molar-refractivity contribution in [1.82, 2.24) is 5.32 Å². The van der Waals surface area contributed by atoms with Crippen molar-refractivity contribution in [3.63, 3.8) is 0 Å². The zero-order chi connectivity index (χ0) is 11.1. The number of hydrogen-bond acceptors (Lipinski definition) is 1. The molecule has 0 aliphatic carbocycles. The molecule has 0 bridgehead atoms. The number of aryl methyl sites for hydroxylation is 1. The van der Waals surface area contributed by atoms with Crippen molar-refractivity contribution in [2.45, 2.75) is 26.2 Å². The number of hydrogen-bond donors (Lipinski definition) is 1. The van der Waals surface area contributed by atoms with Gasteiger partial charge in [-0.25, -0.2) is 4.39 Å². The summed E-state index contributed by atoms with van der Waals surface area (Å²) in [5.41, 5.74) is 0.601. The fourth-order valence-electron chi connectivity index (χ4n) is 1.30. The summed E-state index contributed by atoms with van der Waals surface area (Å²) in [5, 5.41) is 2.76. The van der Waals surface area contributed by atoms with Gasteiger partial charge in [-0.1, -0.05) is 25.1 Å². The van der Waals surface area contributed by atoms with Crippen molar-refractivity contribution in [2.24, 2.45) is 0 Å². The summed E-state index contributed by atoms with van der Waals surface area (Å²) in [6, 6.07) is 6.56. The van der Waals surface area contributed by atoms with Crippen LogP contribution in [0.2, 0.25) is 0 Å². The van der Waals surface area contributed by atoms with Gasteiger partial charge in [0, 0.05) is 13.0 Å². The summed E-state index contributed by atoms with van der Waals surface area (Å²) in [6.45, 7) is 2.69. The normalized spacial score (nSPS) is 10.0. The van der Waals surface area contributed by atoms with Crippen molar-refractivity contribution in [1.29, 1.82) is 0 Å². The van der Waals surface area contributed by atoms with E-state index in [1.165, 1.54) is 6.07 Å². The van der Waals surface area contributed by atoms with Gasteiger partial charge in [-0.3, -0.25) is 4.79 Å². The van der Waals surface area contributed by atoms with E-state index in [1.807, 2.05) is 6.92 Å². The molecule has 1 aromatic rings. The summed E-state index contributed by atoms with van der Waals surface area (Å²) in [6.07, 6.45) is 1.73. The first-order valence-electron chi connectivity index (χ1n) is 5.24. The predicted molar refractivity (Wildman–Crippen MR) is 58.0 cm³/mol. The molecule has 0 radical (unpaired) electrons. The van der Waals surface area contributed by atoms with Gasteiger partial charge in [-0.05, 0) is 24.5 Å². The van der Waals surface area contributed by atoms with Gasteiger partial charge in [0.15, 0.2) is 0 Å². The minimum absolute atomic E-state index is 0.0138. The highest BCUT2D eigenvalue weighted by Crippen LogP contribution is 2.08. The standard InChI is InChI=1S/C12H16FNO/c1-2-9-14-12(15)8-7-10-5-3-4-6-11(10)13/h3-6H,2,7-9H2,1H3,(H,14,15). The molecule has 2 nitrogen and oxygen atoms in total. The third-order valence-corrected chi connectivity index (χ3v) is 2.15. The minimum Gasteiger partial charge on any atom is -0.356 e. The number of carbonyl (C=O) groups excluding carboxylic acids is 1. The molecule has 0 saturated heterocycles. The molecule has 1 N–H and O–H groups in total. The van der Waals surface area contributed by atoms with E-state index in [0.717, 1.165) is 6.42 Å². The first-order chi connectivity index (χ1) is 7.24. The second kappa shape index (κ2) is 6.17. The molecular formula is C12H16FNO. The summed E-state index contributed by atoms with van der Waals surface area (Å²) >= 11 is 0. The van der Waals surface area contributed by atoms with E-state index in [9.17, 15) is 9.18 Å². The highest BCUT2D eigenvalue weighted by molar-refractivity contribution is 5.76. The average Bonchev–Trinajstić information content (AvgIpc) is 2.25. The highest BCUT2D eigenvalue weighted by Gasteiger charge is 2.04. The molecule has 82 valence electrons. The Morgan fingerprint density at radius 1 is 1.40 bits per heavy atom. The summed E-state index contributed by atoms with van der Waals surface area (Å²) in [7, 11) is 0. The molecule has 0 atom stereocenters. The molecule has 0 heterocycles. The predicted octanol–water partition coefficient (Wildman–Crippen LogP) is 2.28. The molecule has 0 spiro atoms. The fourth-order valence-corrected chi connectivity index (χ4v) is 1.30. The van der Waals surface area contributed by atoms with Crippen LogP contribution in [0.5, 0.6) is 0 Å². The number of benzene rings is 1.